The second kappa shape index (κ2) is 5.42. The highest BCUT2D eigenvalue weighted by Crippen LogP contribution is 2.06. The standard InChI is InChI=1S/C10H17NO3/c1-5-11-8(12)6-7-9(13)14-10(2,3)4/h6-7H,5H2,1-4H3,(H,11,12)/b7-6+. The average Bonchev–Trinajstić information content (AvgIpc) is 1.98. The summed E-state index contributed by atoms with van der Waals surface area (Å²) in [7, 11) is 0. The van der Waals surface area contributed by atoms with Gasteiger partial charge in [0, 0.05) is 18.7 Å². The molecule has 0 fully saturated rings. The van der Waals surface area contributed by atoms with Gasteiger partial charge in [-0.05, 0) is 27.7 Å². The van der Waals surface area contributed by atoms with E-state index in [4.69, 9.17) is 4.74 Å². The van der Waals surface area contributed by atoms with Gasteiger partial charge in [0.05, 0.1) is 0 Å². The van der Waals surface area contributed by atoms with Crippen molar-refractivity contribution in [2.45, 2.75) is 33.3 Å². The SMILES string of the molecule is CCNC(=O)/C=C/C(=O)OC(C)(C)C. The third-order valence-electron chi connectivity index (χ3n) is 1.13. The first-order valence-corrected chi connectivity index (χ1v) is 4.54. The minimum absolute atomic E-state index is 0.293. The first kappa shape index (κ1) is 12.7. The van der Waals surface area contributed by atoms with Crippen LogP contribution in [0.5, 0.6) is 0 Å². The molecule has 80 valence electrons. The third kappa shape index (κ3) is 7.34. The van der Waals surface area contributed by atoms with Crippen LogP contribution in [0.1, 0.15) is 27.7 Å². The molecule has 0 radical (unpaired) electrons. The Kier molecular flexibility index (Phi) is 4.91. The average molecular weight is 199 g/mol. The molecule has 0 bridgehead atoms. The summed E-state index contributed by atoms with van der Waals surface area (Å²) < 4.78 is 4.96. The van der Waals surface area contributed by atoms with Gasteiger partial charge in [-0.2, -0.15) is 0 Å². The summed E-state index contributed by atoms with van der Waals surface area (Å²) in [4.78, 5) is 22.0. The zero-order valence-electron chi connectivity index (χ0n) is 9.09. The summed E-state index contributed by atoms with van der Waals surface area (Å²) in [6.07, 6.45) is 2.29. The number of likely N-dealkylation sites (N-methyl/N-ethyl adjacent to an activating group) is 1. The van der Waals surface area contributed by atoms with Crippen molar-refractivity contribution in [3.05, 3.63) is 12.2 Å². The predicted octanol–water partition coefficient (Wildman–Crippen LogP) is 1.02. The molecule has 14 heavy (non-hydrogen) atoms. The summed E-state index contributed by atoms with van der Waals surface area (Å²) >= 11 is 0. The molecule has 0 aliphatic carbocycles. The molecule has 4 heteroatoms. The van der Waals surface area contributed by atoms with Crippen LogP contribution in [0.25, 0.3) is 0 Å². The maximum Gasteiger partial charge on any atom is 0.331 e. The second-order valence-corrected chi connectivity index (χ2v) is 3.76. The zero-order chi connectivity index (χ0) is 11.2. The Labute approximate surface area is 84.3 Å². The largest absolute Gasteiger partial charge is 0.457 e. The van der Waals surface area contributed by atoms with Gasteiger partial charge in [-0.1, -0.05) is 0 Å². The van der Waals surface area contributed by atoms with E-state index in [1.54, 1.807) is 27.7 Å². The van der Waals surface area contributed by atoms with Crippen LogP contribution in [0.4, 0.5) is 0 Å². The molecule has 0 aromatic heterocycles. The molecule has 0 unspecified atom stereocenters. The fraction of sp³-hybridized carbons (Fsp3) is 0.600. The van der Waals surface area contributed by atoms with E-state index < -0.39 is 11.6 Å². The van der Waals surface area contributed by atoms with Crippen LogP contribution in [0.15, 0.2) is 12.2 Å². The minimum atomic E-state index is -0.525. The number of hydrogen-bond acceptors (Lipinski definition) is 3. The fourth-order valence-corrected chi connectivity index (χ4v) is 0.713. The Hall–Kier alpha value is -1.32. The Morgan fingerprint density at radius 3 is 2.29 bits per heavy atom. The van der Waals surface area contributed by atoms with E-state index >= 15 is 0 Å². The van der Waals surface area contributed by atoms with Crippen molar-refractivity contribution in [2.75, 3.05) is 6.54 Å². The zero-order valence-corrected chi connectivity index (χ0v) is 9.09. The predicted molar refractivity (Wildman–Crippen MR) is 53.7 cm³/mol. The first-order chi connectivity index (χ1) is 6.35. The quantitative estimate of drug-likeness (QED) is 0.545. The lowest BCUT2D eigenvalue weighted by molar-refractivity contribution is -0.148. The summed E-state index contributed by atoms with van der Waals surface area (Å²) in [5.74, 6) is -0.804. The minimum Gasteiger partial charge on any atom is -0.457 e. The molecular weight excluding hydrogens is 182 g/mol. The molecule has 0 heterocycles. The monoisotopic (exact) mass is 199 g/mol. The highest BCUT2D eigenvalue weighted by molar-refractivity contribution is 5.94. The van der Waals surface area contributed by atoms with Crippen molar-refractivity contribution in [1.82, 2.24) is 5.32 Å². The highest BCUT2D eigenvalue weighted by atomic mass is 16.6. The van der Waals surface area contributed by atoms with E-state index in [1.165, 1.54) is 0 Å². The van der Waals surface area contributed by atoms with E-state index in [0.29, 0.717) is 6.54 Å². The number of ether oxygens (including phenoxy) is 1. The van der Waals surface area contributed by atoms with E-state index in [1.807, 2.05) is 0 Å². The molecule has 0 saturated heterocycles. The summed E-state index contributed by atoms with van der Waals surface area (Å²) in [5, 5.41) is 2.53. The summed E-state index contributed by atoms with van der Waals surface area (Å²) in [6.45, 7) is 7.65. The third-order valence-corrected chi connectivity index (χ3v) is 1.13. The van der Waals surface area contributed by atoms with Crippen LogP contribution >= 0.6 is 0 Å². The van der Waals surface area contributed by atoms with Crippen molar-refractivity contribution in [2.24, 2.45) is 0 Å². The van der Waals surface area contributed by atoms with Crippen LogP contribution in [0, 0.1) is 0 Å². The lowest BCUT2D eigenvalue weighted by Gasteiger charge is -2.17. The molecule has 1 amide bonds. The summed E-state index contributed by atoms with van der Waals surface area (Å²) in [6, 6.07) is 0. The lowest BCUT2D eigenvalue weighted by Crippen LogP contribution is -2.24. The van der Waals surface area contributed by atoms with E-state index in [9.17, 15) is 9.59 Å². The summed E-state index contributed by atoms with van der Waals surface area (Å²) in [5.41, 5.74) is -0.525. The molecule has 0 aliphatic rings. The number of rotatable bonds is 3. The Bertz CT molecular complexity index is 238. The van der Waals surface area contributed by atoms with Crippen molar-refractivity contribution >= 4 is 11.9 Å². The Morgan fingerprint density at radius 2 is 1.86 bits per heavy atom. The maximum absolute atomic E-state index is 11.1. The van der Waals surface area contributed by atoms with Crippen LogP contribution < -0.4 is 5.32 Å². The molecule has 4 nitrogen and oxygen atoms in total. The van der Waals surface area contributed by atoms with Gasteiger partial charge in [-0.3, -0.25) is 4.79 Å². The van der Waals surface area contributed by atoms with Gasteiger partial charge in [0.25, 0.3) is 0 Å². The van der Waals surface area contributed by atoms with Crippen molar-refractivity contribution < 1.29 is 14.3 Å². The van der Waals surface area contributed by atoms with Gasteiger partial charge < -0.3 is 10.1 Å². The van der Waals surface area contributed by atoms with Crippen LogP contribution in [0.2, 0.25) is 0 Å². The number of esters is 1. The van der Waals surface area contributed by atoms with Gasteiger partial charge in [0.1, 0.15) is 5.60 Å². The Morgan fingerprint density at radius 1 is 1.29 bits per heavy atom. The number of hydrogen-bond donors (Lipinski definition) is 1. The molecule has 0 saturated carbocycles. The molecular formula is C10H17NO3. The van der Waals surface area contributed by atoms with E-state index in [2.05, 4.69) is 5.32 Å². The number of carbonyl (C=O) groups excluding carboxylic acids is 2. The van der Waals surface area contributed by atoms with Gasteiger partial charge in [-0.15, -0.1) is 0 Å². The van der Waals surface area contributed by atoms with Gasteiger partial charge in [0.2, 0.25) is 5.91 Å². The van der Waals surface area contributed by atoms with E-state index in [-0.39, 0.29) is 5.91 Å². The topological polar surface area (TPSA) is 55.4 Å². The van der Waals surface area contributed by atoms with Gasteiger partial charge >= 0.3 is 5.97 Å². The maximum atomic E-state index is 11.1. The van der Waals surface area contributed by atoms with Gasteiger partial charge in [-0.25, -0.2) is 4.79 Å². The van der Waals surface area contributed by atoms with Crippen LogP contribution in [-0.2, 0) is 14.3 Å². The number of amides is 1. The highest BCUT2D eigenvalue weighted by Gasteiger charge is 2.13. The molecule has 0 aromatic carbocycles. The van der Waals surface area contributed by atoms with E-state index in [0.717, 1.165) is 12.2 Å². The number of nitrogens with one attached hydrogen (secondary N) is 1. The van der Waals surface area contributed by atoms with Crippen molar-refractivity contribution in [3.63, 3.8) is 0 Å². The first-order valence-electron chi connectivity index (χ1n) is 4.54. The molecule has 0 atom stereocenters. The van der Waals surface area contributed by atoms with Crippen LogP contribution in [0.3, 0.4) is 0 Å². The second-order valence-electron chi connectivity index (χ2n) is 3.76. The fourth-order valence-electron chi connectivity index (χ4n) is 0.713. The van der Waals surface area contributed by atoms with Crippen molar-refractivity contribution in [3.8, 4) is 0 Å². The lowest BCUT2D eigenvalue weighted by atomic mass is 10.2. The molecule has 1 N–H and O–H groups in total. The van der Waals surface area contributed by atoms with Crippen molar-refractivity contribution in [1.29, 1.82) is 0 Å². The van der Waals surface area contributed by atoms with Gasteiger partial charge in [0.15, 0.2) is 0 Å². The van der Waals surface area contributed by atoms with Crippen LogP contribution in [-0.4, -0.2) is 24.0 Å². The Balaban J connectivity index is 4.00. The smallest absolute Gasteiger partial charge is 0.331 e. The molecule has 0 aromatic rings. The number of carbonyl (C=O) groups is 2. The molecule has 0 aliphatic heterocycles. The molecule has 0 rings (SSSR count). The normalized spacial score (nSPS) is 11.4. The molecule has 0 spiro atoms.